The van der Waals surface area contributed by atoms with Crippen molar-refractivity contribution in [2.24, 2.45) is 0 Å². The maximum atomic E-state index is 5.91. The van der Waals surface area contributed by atoms with E-state index in [9.17, 15) is 0 Å². The van der Waals surface area contributed by atoms with Crippen molar-refractivity contribution >= 4 is 5.69 Å². The van der Waals surface area contributed by atoms with E-state index in [1.807, 2.05) is 0 Å². The number of hydrogen-bond acceptors (Lipinski definition) is 2. The van der Waals surface area contributed by atoms with Crippen LogP contribution in [0.1, 0.15) is 24.5 Å². The van der Waals surface area contributed by atoms with Crippen LogP contribution in [-0.2, 0) is 0 Å². The molecule has 0 aromatic heterocycles. The van der Waals surface area contributed by atoms with E-state index in [0.717, 1.165) is 24.4 Å². The highest BCUT2D eigenvalue weighted by Crippen LogP contribution is 2.33. The molecule has 0 saturated heterocycles. The zero-order valence-corrected chi connectivity index (χ0v) is 9.05. The zero-order valence-electron chi connectivity index (χ0n) is 9.05. The summed E-state index contributed by atoms with van der Waals surface area (Å²) in [5.41, 5.74) is 3.68. The first-order valence-electron chi connectivity index (χ1n) is 5.19. The summed E-state index contributed by atoms with van der Waals surface area (Å²) in [6, 6.07) is 4.25. The molecule has 1 aromatic rings. The molecular formula is C12H17NO. The number of aryl methyl sites for hydroxylation is 1. The Bertz CT molecular complexity index is 346. The molecular weight excluding hydrogens is 174 g/mol. The number of fused-ring (bicyclic) bond motifs is 1. The molecule has 0 amide bonds. The smallest absolute Gasteiger partial charge is 0.145 e. The minimum absolute atomic E-state index is 0.309. The second-order valence-corrected chi connectivity index (χ2v) is 4.03. The Balaban J connectivity index is 2.46. The van der Waals surface area contributed by atoms with Gasteiger partial charge in [-0.2, -0.15) is 0 Å². The van der Waals surface area contributed by atoms with Gasteiger partial charge >= 0.3 is 0 Å². The molecule has 1 N–H and O–H groups in total. The molecule has 0 fully saturated rings. The molecule has 0 spiro atoms. The van der Waals surface area contributed by atoms with Gasteiger partial charge in [0.05, 0.1) is 11.8 Å². The highest BCUT2D eigenvalue weighted by atomic mass is 16.5. The molecule has 0 radical (unpaired) electrons. The molecule has 1 aliphatic heterocycles. The van der Waals surface area contributed by atoms with Crippen LogP contribution in [0.15, 0.2) is 12.1 Å². The number of hydrogen-bond donors (Lipinski definition) is 1. The van der Waals surface area contributed by atoms with Gasteiger partial charge in [-0.3, -0.25) is 0 Å². The fraction of sp³-hybridized carbons (Fsp3) is 0.500. The summed E-state index contributed by atoms with van der Waals surface area (Å²) in [5.74, 6) is 1.04. The third-order valence-electron chi connectivity index (χ3n) is 2.86. The van der Waals surface area contributed by atoms with Crippen LogP contribution >= 0.6 is 0 Å². The summed E-state index contributed by atoms with van der Waals surface area (Å²) in [4.78, 5) is 0. The molecule has 1 atom stereocenters. The van der Waals surface area contributed by atoms with Gasteiger partial charge in [-0.25, -0.2) is 0 Å². The Labute approximate surface area is 85.3 Å². The van der Waals surface area contributed by atoms with E-state index in [-0.39, 0.29) is 0 Å². The normalized spacial score (nSPS) is 20.4. The maximum absolute atomic E-state index is 5.91. The van der Waals surface area contributed by atoms with E-state index in [2.05, 4.69) is 38.2 Å². The van der Waals surface area contributed by atoms with Crippen LogP contribution in [0.25, 0.3) is 0 Å². The Morgan fingerprint density at radius 2 is 2.14 bits per heavy atom. The lowest BCUT2D eigenvalue weighted by atomic mass is 10.1. The number of rotatable bonds is 0. The van der Waals surface area contributed by atoms with Crippen molar-refractivity contribution in [3.05, 3.63) is 23.3 Å². The maximum Gasteiger partial charge on any atom is 0.145 e. The second kappa shape index (κ2) is 3.52. The Morgan fingerprint density at radius 3 is 2.93 bits per heavy atom. The summed E-state index contributed by atoms with van der Waals surface area (Å²) in [6.07, 6.45) is 1.37. The lowest BCUT2D eigenvalue weighted by Crippen LogP contribution is -2.12. The van der Waals surface area contributed by atoms with Gasteiger partial charge < -0.3 is 10.1 Å². The molecule has 14 heavy (non-hydrogen) atoms. The third kappa shape index (κ3) is 1.57. The summed E-state index contributed by atoms with van der Waals surface area (Å²) < 4.78 is 5.91. The number of benzene rings is 1. The standard InChI is InChI=1S/C12H17NO/c1-8-4-5-11-12(10(8)3)14-9(2)6-7-13-11/h4-5,9,13H,6-7H2,1-3H3. The molecule has 2 rings (SSSR count). The molecule has 1 aromatic carbocycles. The molecule has 1 unspecified atom stereocenters. The van der Waals surface area contributed by atoms with Crippen LogP contribution in [0, 0.1) is 13.8 Å². The number of nitrogens with one attached hydrogen (secondary N) is 1. The van der Waals surface area contributed by atoms with Crippen molar-refractivity contribution in [2.45, 2.75) is 33.3 Å². The van der Waals surface area contributed by atoms with E-state index in [1.165, 1.54) is 11.1 Å². The highest BCUT2D eigenvalue weighted by molar-refractivity contribution is 5.62. The fourth-order valence-corrected chi connectivity index (χ4v) is 1.75. The first-order chi connectivity index (χ1) is 6.68. The molecule has 2 nitrogen and oxygen atoms in total. The molecule has 1 heterocycles. The Kier molecular flexibility index (Phi) is 2.36. The van der Waals surface area contributed by atoms with Gasteiger partial charge in [0.2, 0.25) is 0 Å². The SMILES string of the molecule is Cc1ccc2c(c1C)OC(C)CCN2. The van der Waals surface area contributed by atoms with Crippen LogP contribution < -0.4 is 10.1 Å². The van der Waals surface area contributed by atoms with Crippen molar-refractivity contribution < 1.29 is 4.74 Å². The number of anilines is 1. The average molecular weight is 191 g/mol. The number of ether oxygens (including phenoxy) is 1. The van der Waals surface area contributed by atoms with E-state index in [1.54, 1.807) is 0 Å². The van der Waals surface area contributed by atoms with E-state index in [0.29, 0.717) is 6.10 Å². The summed E-state index contributed by atoms with van der Waals surface area (Å²) in [6.45, 7) is 7.36. The third-order valence-corrected chi connectivity index (χ3v) is 2.86. The van der Waals surface area contributed by atoms with Crippen LogP contribution in [-0.4, -0.2) is 12.6 Å². The van der Waals surface area contributed by atoms with E-state index >= 15 is 0 Å². The molecule has 0 saturated carbocycles. The Hall–Kier alpha value is -1.18. The Morgan fingerprint density at radius 1 is 1.36 bits per heavy atom. The van der Waals surface area contributed by atoms with Crippen molar-refractivity contribution in [1.29, 1.82) is 0 Å². The summed E-state index contributed by atoms with van der Waals surface area (Å²) >= 11 is 0. The van der Waals surface area contributed by atoms with E-state index < -0.39 is 0 Å². The van der Waals surface area contributed by atoms with Gasteiger partial charge in [-0.15, -0.1) is 0 Å². The molecule has 1 aliphatic rings. The minimum Gasteiger partial charge on any atom is -0.488 e. The molecule has 0 aliphatic carbocycles. The van der Waals surface area contributed by atoms with Crippen LogP contribution in [0.3, 0.4) is 0 Å². The lowest BCUT2D eigenvalue weighted by molar-refractivity contribution is 0.220. The first-order valence-corrected chi connectivity index (χ1v) is 5.19. The van der Waals surface area contributed by atoms with Crippen molar-refractivity contribution in [2.75, 3.05) is 11.9 Å². The summed E-state index contributed by atoms with van der Waals surface area (Å²) in [7, 11) is 0. The predicted molar refractivity (Wildman–Crippen MR) is 59.1 cm³/mol. The minimum atomic E-state index is 0.309. The van der Waals surface area contributed by atoms with Gasteiger partial charge in [0.25, 0.3) is 0 Å². The monoisotopic (exact) mass is 191 g/mol. The lowest BCUT2D eigenvalue weighted by Gasteiger charge is -2.15. The molecule has 76 valence electrons. The van der Waals surface area contributed by atoms with Gasteiger partial charge in [-0.1, -0.05) is 6.07 Å². The van der Waals surface area contributed by atoms with Crippen molar-refractivity contribution in [3.63, 3.8) is 0 Å². The molecule has 0 bridgehead atoms. The largest absolute Gasteiger partial charge is 0.488 e. The fourth-order valence-electron chi connectivity index (χ4n) is 1.75. The predicted octanol–water partition coefficient (Wildman–Crippen LogP) is 2.89. The van der Waals surface area contributed by atoms with Gasteiger partial charge in [0, 0.05) is 13.0 Å². The van der Waals surface area contributed by atoms with Crippen LogP contribution in [0.2, 0.25) is 0 Å². The van der Waals surface area contributed by atoms with Crippen molar-refractivity contribution in [1.82, 2.24) is 0 Å². The van der Waals surface area contributed by atoms with Gasteiger partial charge in [0.15, 0.2) is 0 Å². The van der Waals surface area contributed by atoms with E-state index in [4.69, 9.17) is 4.74 Å². The van der Waals surface area contributed by atoms with Crippen LogP contribution in [0.5, 0.6) is 5.75 Å². The van der Waals surface area contributed by atoms with Crippen LogP contribution in [0.4, 0.5) is 5.69 Å². The average Bonchev–Trinajstić information content (AvgIpc) is 2.34. The summed E-state index contributed by atoms with van der Waals surface area (Å²) in [5, 5.41) is 3.40. The van der Waals surface area contributed by atoms with Crippen molar-refractivity contribution in [3.8, 4) is 5.75 Å². The zero-order chi connectivity index (χ0) is 10.1. The highest BCUT2D eigenvalue weighted by Gasteiger charge is 2.16. The van der Waals surface area contributed by atoms with Gasteiger partial charge in [0.1, 0.15) is 5.75 Å². The second-order valence-electron chi connectivity index (χ2n) is 4.03. The molecule has 2 heteroatoms. The quantitative estimate of drug-likeness (QED) is 0.680. The first kappa shape index (κ1) is 9.38. The topological polar surface area (TPSA) is 21.3 Å². The van der Waals surface area contributed by atoms with Gasteiger partial charge in [-0.05, 0) is 38.0 Å².